The summed E-state index contributed by atoms with van der Waals surface area (Å²) in [5, 5.41) is 7.96. The third-order valence-corrected chi connectivity index (χ3v) is 4.11. The second kappa shape index (κ2) is 5.45. The fourth-order valence-electron chi connectivity index (χ4n) is 2.55. The summed E-state index contributed by atoms with van der Waals surface area (Å²) in [5.74, 6) is -0.357. The number of aromatic nitrogens is 5. The van der Waals surface area contributed by atoms with Gasteiger partial charge in [-0.15, -0.1) is 10.2 Å². The summed E-state index contributed by atoms with van der Waals surface area (Å²) in [6.45, 7) is 0. The first kappa shape index (κ1) is 14.9. The minimum absolute atomic E-state index is 0.250. The van der Waals surface area contributed by atoms with Crippen LogP contribution >= 0.6 is 15.9 Å². The van der Waals surface area contributed by atoms with Crippen LogP contribution in [0.4, 0.5) is 20.3 Å². The maximum Gasteiger partial charge on any atom is 0.257 e. The van der Waals surface area contributed by atoms with Crippen molar-refractivity contribution in [2.24, 2.45) is 0 Å². The number of fused-ring (bicyclic) bond motifs is 3. The maximum absolute atomic E-state index is 14.4. The maximum atomic E-state index is 14.4. The molecule has 4 aromatic rings. The third kappa shape index (κ3) is 2.28. The van der Waals surface area contributed by atoms with E-state index in [1.807, 2.05) is 0 Å². The molecule has 0 N–H and O–H groups in total. The van der Waals surface area contributed by atoms with Crippen LogP contribution in [0.15, 0.2) is 41.4 Å². The minimum Gasteiger partial charge on any atom is -0.329 e. The predicted molar refractivity (Wildman–Crippen MR) is 88.2 cm³/mol. The van der Waals surface area contributed by atoms with E-state index in [-0.39, 0.29) is 5.39 Å². The Morgan fingerprint density at radius 3 is 2.79 bits per heavy atom. The van der Waals surface area contributed by atoms with Gasteiger partial charge in [-0.1, -0.05) is 15.9 Å². The van der Waals surface area contributed by atoms with E-state index in [0.717, 1.165) is 6.20 Å². The highest BCUT2D eigenvalue weighted by Gasteiger charge is 2.18. The largest absolute Gasteiger partial charge is 0.329 e. The van der Waals surface area contributed by atoms with E-state index in [1.165, 1.54) is 24.7 Å². The van der Waals surface area contributed by atoms with E-state index in [2.05, 4.69) is 36.1 Å². The second-order valence-corrected chi connectivity index (χ2v) is 6.05. The van der Waals surface area contributed by atoms with Crippen molar-refractivity contribution in [1.82, 2.24) is 24.6 Å². The van der Waals surface area contributed by atoms with Crippen molar-refractivity contribution < 1.29 is 8.78 Å². The quantitative estimate of drug-likeness (QED) is 0.524. The summed E-state index contributed by atoms with van der Waals surface area (Å²) < 4.78 is 30.3. The van der Waals surface area contributed by atoms with E-state index in [9.17, 15) is 8.78 Å². The number of rotatable bonds is 2. The number of anilines is 2. The van der Waals surface area contributed by atoms with Crippen molar-refractivity contribution >= 4 is 44.1 Å². The van der Waals surface area contributed by atoms with Crippen molar-refractivity contribution in [3.63, 3.8) is 0 Å². The van der Waals surface area contributed by atoms with Crippen LogP contribution in [0.3, 0.4) is 0 Å². The van der Waals surface area contributed by atoms with Crippen molar-refractivity contribution in [2.45, 2.75) is 0 Å². The Bertz CT molecular complexity index is 1060. The molecular weight excluding hydrogens is 382 g/mol. The Morgan fingerprint density at radius 2 is 2.00 bits per heavy atom. The van der Waals surface area contributed by atoms with Gasteiger partial charge in [0, 0.05) is 17.2 Å². The summed E-state index contributed by atoms with van der Waals surface area (Å²) in [4.78, 5) is 9.84. The molecule has 0 unspecified atom stereocenters. The zero-order valence-electron chi connectivity index (χ0n) is 12.3. The van der Waals surface area contributed by atoms with Gasteiger partial charge in [-0.25, -0.2) is 8.78 Å². The van der Waals surface area contributed by atoms with Crippen LogP contribution in [0.5, 0.6) is 0 Å². The van der Waals surface area contributed by atoms with Crippen LogP contribution in [-0.4, -0.2) is 31.6 Å². The van der Waals surface area contributed by atoms with Crippen LogP contribution in [-0.2, 0) is 0 Å². The van der Waals surface area contributed by atoms with Crippen LogP contribution < -0.4 is 4.90 Å². The van der Waals surface area contributed by atoms with Crippen LogP contribution in [0, 0.1) is 11.6 Å². The first-order chi connectivity index (χ1) is 11.5. The topological polar surface area (TPSA) is 59.2 Å². The van der Waals surface area contributed by atoms with E-state index in [0.29, 0.717) is 27.3 Å². The first-order valence-corrected chi connectivity index (χ1v) is 7.66. The molecule has 3 aromatic heterocycles. The molecule has 0 saturated heterocycles. The predicted octanol–water partition coefficient (Wildman–Crippen LogP) is 3.48. The average molecular weight is 391 g/mol. The van der Waals surface area contributed by atoms with Crippen LogP contribution in [0.1, 0.15) is 0 Å². The fourth-order valence-corrected chi connectivity index (χ4v) is 3.01. The number of hydrogen-bond donors (Lipinski definition) is 0. The molecule has 6 nitrogen and oxygen atoms in total. The lowest BCUT2D eigenvalue weighted by molar-refractivity contribution is 0.627. The summed E-state index contributed by atoms with van der Waals surface area (Å²) in [7, 11) is 1.68. The van der Waals surface area contributed by atoms with Crippen molar-refractivity contribution in [2.75, 3.05) is 11.9 Å². The van der Waals surface area contributed by atoms with Gasteiger partial charge in [0.1, 0.15) is 18.0 Å². The van der Waals surface area contributed by atoms with Crippen molar-refractivity contribution in [3.05, 3.63) is 53.0 Å². The molecule has 9 heteroatoms. The van der Waals surface area contributed by atoms with Gasteiger partial charge in [0.05, 0.1) is 23.3 Å². The van der Waals surface area contributed by atoms with E-state index < -0.39 is 11.6 Å². The fraction of sp³-hybridized carbons (Fsp3) is 0.0667. The average Bonchev–Trinajstić information content (AvgIpc) is 3.01. The molecule has 0 aliphatic heterocycles. The van der Waals surface area contributed by atoms with Gasteiger partial charge >= 0.3 is 0 Å². The van der Waals surface area contributed by atoms with Gasteiger partial charge in [-0.05, 0) is 18.2 Å². The normalized spacial score (nSPS) is 11.3. The van der Waals surface area contributed by atoms with Crippen LogP contribution in [0.25, 0.3) is 16.7 Å². The lowest BCUT2D eigenvalue weighted by Crippen LogP contribution is -2.14. The van der Waals surface area contributed by atoms with Gasteiger partial charge in [-0.2, -0.15) is 4.98 Å². The van der Waals surface area contributed by atoms with Gasteiger partial charge in [0.25, 0.3) is 5.78 Å². The van der Waals surface area contributed by atoms with E-state index >= 15 is 0 Å². The Morgan fingerprint density at radius 1 is 1.17 bits per heavy atom. The smallest absolute Gasteiger partial charge is 0.257 e. The molecular formula is C15H9BrF2N6. The summed E-state index contributed by atoms with van der Waals surface area (Å²) in [5.41, 5.74) is 0.984. The summed E-state index contributed by atoms with van der Waals surface area (Å²) in [6.07, 6.45) is 4.06. The molecule has 1 aromatic carbocycles. The molecule has 4 rings (SSSR count). The molecule has 0 atom stereocenters. The second-order valence-electron chi connectivity index (χ2n) is 5.14. The molecule has 0 amide bonds. The highest BCUT2D eigenvalue weighted by molar-refractivity contribution is 9.10. The van der Waals surface area contributed by atoms with Gasteiger partial charge in [0.2, 0.25) is 0 Å². The minimum atomic E-state index is -0.534. The highest BCUT2D eigenvalue weighted by atomic mass is 79.9. The lowest BCUT2D eigenvalue weighted by Gasteiger charge is -2.21. The van der Waals surface area contributed by atoms with Gasteiger partial charge < -0.3 is 4.90 Å². The summed E-state index contributed by atoms with van der Waals surface area (Å²) >= 11 is 3.25. The van der Waals surface area contributed by atoms with Crippen molar-refractivity contribution in [1.29, 1.82) is 0 Å². The van der Waals surface area contributed by atoms with E-state index in [1.54, 1.807) is 22.4 Å². The molecule has 3 heterocycles. The molecule has 0 aliphatic carbocycles. The SMILES string of the molecule is CN(c1cc(F)cc(Br)c1)c1nc2nncn2c2cncc(F)c12. The Balaban J connectivity index is 2.03. The third-order valence-electron chi connectivity index (χ3n) is 3.65. The molecule has 0 spiro atoms. The van der Waals surface area contributed by atoms with Gasteiger partial charge in [0.15, 0.2) is 5.82 Å². The van der Waals surface area contributed by atoms with E-state index in [4.69, 9.17) is 0 Å². The molecule has 0 radical (unpaired) electrons. The number of pyridine rings is 1. The molecule has 0 bridgehead atoms. The first-order valence-electron chi connectivity index (χ1n) is 6.87. The molecule has 0 fully saturated rings. The zero-order valence-corrected chi connectivity index (χ0v) is 13.9. The van der Waals surface area contributed by atoms with Crippen LogP contribution in [0.2, 0.25) is 0 Å². The monoisotopic (exact) mass is 390 g/mol. The van der Waals surface area contributed by atoms with Crippen molar-refractivity contribution in [3.8, 4) is 0 Å². The molecule has 0 saturated carbocycles. The van der Waals surface area contributed by atoms with Gasteiger partial charge in [-0.3, -0.25) is 9.38 Å². The number of nitrogens with zero attached hydrogens (tertiary/aromatic N) is 6. The Kier molecular flexibility index (Phi) is 3.38. The standard InChI is InChI=1S/C15H9BrF2N6/c1-23(10-3-8(16)2-9(17)4-10)14-13-11(18)5-19-6-12(13)24-7-20-22-15(24)21-14/h2-7H,1H3. The Labute approximate surface area is 142 Å². The molecule has 120 valence electrons. The highest BCUT2D eigenvalue weighted by Crippen LogP contribution is 2.32. The number of hydrogen-bond acceptors (Lipinski definition) is 5. The number of benzene rings is 1. The molecule has 0 aliphatic rings. The zero-order chi connectivity index (χ0) is 16.8. The number of halogens is 3. The summed E-state index contributed by atoms with van der Waals surface area (Å²) in [6, 6.07) is 4.39. The lowest BCUT2D eigenvalue weighted by atomic mass is 10.2. The molecule has 24 heavy (non-hydrogen) atoms. The Hall–Kier alpha value is -2.68.